The Kier molecular flexibility index (Phi) is 3.00. The van der Waals surface area contributed by atoms with E-state index in [4.69, 9.17) is 9.84 Å². The zero-order valence-electron chi connectivity index (χ0n) is 8.86. The minimum absolute atomic E-state index is 0.0362. The summed E-state index contributed by atoms with van der Waals surface area (Å²) in [5, 5.41) is 10.7. The molecular formula is C9H12F2N2O4. The van der Waals surface area contributed by atoms with Crippen LogP contribution in [0.1, 0.15) is 12.8 Å². The molecule has 8 heteroatoms. The molecule has 0 aromatic heterocycles. The zero-order valence-corrected chi connectivity index (χ0v) is 8.86. The first-order valence-electron chi connectivity index (χ1n) is 5.18. The standard InChI is InChI=1S/C9H12F2N2O4/c10-9(11)3-5(4-14)17-7(9)13-2-1-6(15)12-8(13)16/h5,7,14H,1-4H2,(H,12,15,16)/t5-,7+/m0/s1. The monoisotopic (exact) mass is 250 g/mol. The second-order valence-electron chi connectivity index (χ2n) is 4.05. The van der Waals surface area contributed by atoms with Crippen LogP contribution in [0.4, 0.5) is 13.6 Å². The van der Waals surface area contributed by atoms with Crippen LogP contribution in [0.3, 0.4) is 0 Å². The van der Waals surface area contributed by atoms with Crippen molar-refractivity contribution < 1.29 is 28.2 Å². The molecule has 17 heavy (non-hydrogen) atoms. The molecule has 6 nitrogen and oxygen atoms in total. The number of rotatable bonds is 2. The summed E-state index contributed by atoms with van der Waals surface area (Å²) >= 11 is 0. The van der Waals surface area contributed by atoms with Crippen molar-refractivity contribution >= 4 is 11.9 Å². The lowest BCUT2D eigenvalue weighted by atomic mass is 10.1. The Bertz CT molecular complexity index is 350. The second-order valence-corrected chi connectivity index (χ2v) is 4.05. The number of aliphatic hydroxyl groups is 1. The lowest BCUT2D eigenvalue weighted by Gasteiger charge is -2.33. The first-order chi connectivity index (χ1) is 7.94. The van der Waals surface area contributed by atoms with Gasteiger partial charge in [-0.3, -0.25) is 15.0 Å². The molecule has 2 N–H and O–H groups in total. The fraction of sp³-hybridized carbons (Fsp3) is 0.778. The van der Waals surface area contributed by atoms with Gasteiger partial charge < -0.3 is 9.84 Å². The normalized spacial score (nSPS) is 32.8. The number of urea groups is 1. The van der Waals surface area contributed by atoms with E-state index in [1.807, 2.05) is 5.32 Å². The molecule has 0 aliphatic carbocycles. The number of carbonyl (C=O) groups excluding carboxylic acids is 2. The van der Waals surface area contributed by atoms with Crippen molar-refractivity contribution in [2.24, 2.45) is 0 Å². The van der Waals surface area contributed by atoms with Crippen LogP contribution in [-0.2, 0) is 9.53 Å². The molecule has 2 saturated heterocycles. The Balaban J connectivity index is 2.11. The summed E-state index contributed by atoms with van der Waals surface area (Å²) in [6.07, 6.45) is -3.37. The molecule has 96 valence electrons. The van der Waals surface area contributed by atoms with E-state index in [9.17, 15) is 18.4 Å². The molecule has 0 spiro atoms. The van der Waals surface area contributed by atoms with Crippen LogP contribution in [0.2, 0.25) is 0 Å². The maximum absolute atomic E-state index is 13.6. The van der Waals surface area contributed by atoms with Gasteiger partial charge in [-0.25, -0.2) is 13.6 Å². The third-order valence-corrected chi connectivity index (χ3v) is 2.76. The van der Waals surface area contributed by atoms with Gasteiger partial charge >= 0.3 is 6.03 Å². The minimum atomic E-state index is -3.22. The number of alkyl halides is 2. The molecule has 2 aliphatic rings. The lowest BCUT2D eigenvalue weighted by Crippen LogP contribution is -2.57. The summed E-state index contributed by atoms with van der Waals surface area (Å²) in [5.74, 6) is -3.71. The smallest absolute Gasteiger partial charge is 0.326 e. The molecule has 0 unspecified atom stereocenters. The maximum Gasteiger partial charge on any atom is 0.326 e. The van der Waals surface area contributed by atoms with E-state index in [1.165, 1.54) is 0 Å². The molecule has 0 aromatic rings. The Morgan fingerprint density at radius 2 is 2.24 bits per heavy atom. The molecule has 2 fully saturated rings. The molecule has 0 bridgehead atoms. The van der Waals surface area contributed by atoms with Crippen LogP contribution in [-0.4, -0.2) is 53.4 Å². The predicted octanol–water partition coefficient (Wildman–Crippen LogP) is -0.329. The average Bonchev–Trinajstić information content (AvgIpc) is 2.54. The van der Waals surface area contributed by atoms with Crippen LogP contribution < -0.4 is 5.32 Å². The van der Waals surface area contributed by atoms with Crippen LogP contribution in [0.25, 0.3) is 0 Å². The number of hydrogen-bond donors (Lipinski definition) is 2. The molecule has 2 heterocycles. The summed E-state index contributed by atoms with van der Waals surface area (Å²) in [5.41, 5.74) is 0. The fourth-order valence-electron chi connectivity index (χ4n) is 1.94. The highest BCUT2D eigenvalue weighted by atomic mass is 19.3. The molecule has 2 aliphatic heterocycles. The third-order valence-electron chi connectivity index (χ3n) is 2.76. The highest BCUT2D eigenvalue weighted by Crippen LogP contribution is 2.37. The number of hydrogen-bond acceptors (Lipinski definition) is 4. The van der Waals surface area contributed by atoms with Crippen molar-refractivity contribution in [3.8, 4) is 0 Å². The van der Waals surface area contributed by atoms with Crippen molar-refractivity contribution in [2.45, 2.75) is 31.1 Å². The number of halogens is 2. The SMILES string of the molecule is O=C1CCN([C@@H]2O[C@H](CO)CC2(F)F)C(=O)N1. The summed E-state index contributed by atoms with van der Waals surface area (Å²) in [6.45, 7) is -0.635. The summed E-state index contributed by atoms with van der Waals surface area (Å²) in [4.78, 5) is 23.1. The van der Waals surface area contributed by atoms with Crippen molar-refractivity contribution in [2.75, 3.05) is 13.2 Å². The van der Waals surface area contributed by atoms with Crippen molar-refractivity contribution in [1.29, 1.82) is 0 Å². The topological polar surface area (TPSA) is 78.9 Å². The van der Waals surface area contributed by atoms with Crippen molar-refractivity contribution in [3.05, 3.63) is 0 Å². The summed E-state index contributed by atoms with van der Waals surface area (Å²) in [6, 6.07) is -0.885. The minimum Gasteiger partial charge on any atom is -0.394 e. The quantitative estimate of drug-likeness (QED) is 0.703. The van der Waals surface area contributed by atoms with Gasteiger partial charge in [-0.1, -0.05) is 0 Å². The fourth-order valence-corrected chi connectivity index (χ4v) is 1.94. The van der Waals surface area contributed by atoms with Gasteiger partial charge in [0.25, 0.3) is 5.92 Å². The van der Waals surface area contributed by atoms with Crippen molar-refractivity contribution in [3.63, 3.8) is 0 Å². The lowest BCUT2D eigenvalue weighted by molar-refractivity contribution is -0.146. The van der Waals surface area contributed by atoms with E-state index < -0.39 is 43.2 Å². The molecule has 2 atom stereocenters. The van der Waals surface area contributed by atoms with Gasteiger partial charge in [0.2, 0.25) is 5.91 Å². The van der Waals surface area contributed by atoms with Gasteiger partial charge in [0.1, 0.15) is 0 Å². The average molecular weight is 250 g/mol. The Labute approximate surface area is 95.5 Å². The van der Waals surface area contributed by atoms with Crippen LogP contribution >= 0.6 is 0 Å². The number of ether oxygens (including phenoxy) is 1. The van der Waals surface area contributed by atoms with E-state index in [0.717, 1.165) is 4.90 Å². The molecule has 0 aromatic carbocycles. The number of nitrogens with zero attached hydrogens (tertiary/aromatic N) is 1. The van der Waals surface area contributed by atoms with Gasteiger partial charge in [0.15, 0.2) is 6.23 Å². The van der Waals surface area contributed by atoms with Gasteiger partial charge in [-0.15, -0.1) is 0 Å². The van der Waals surface area contributed by atoms with Gasteiger partial charge in [0, 0.05) is 19.4 Å². The molecule has 2 rings (SSSR count). The molecule has 0 saturated carbocycles. The third kappa shape index (κ3) is 2.22. The number of imide groups is 1. The summed E-state index contributed by atoms with van der Waals surface area (Å²) in [7, 11) is 0. The van der Waals surface area contributed by atoms with E-state index >= 15 is 0 Å². The Hall–Kier alpha value is -1.28. The van der Waals surface area contributed by atoms with E-state index in [1.54, 1.807) is 0 Å². The number of carbonyl (C=O) groups is 2. The maximum atomic E-state index is 13.6. The first kappa shape index (κ1) is 12.2. The Morgan fingerprint density at radius 1 is 1.53 bits per heavy atom. The van der Waals surface area contributed by atoms with E-state index in [0.29, 0.717) is 0 Å². The molecular weight excluding hydrogens is 238 g/mol. The molecule has 0 radical (unpaired) electrons. The highest BCUT2D eigenvalue weighted by Gasteiger charge is 2.54. The van der Waals surface area contributed by atoms with E-state index in [2.05, 4.69) is 0 Å². The Morgan fingerprint density at radius 3 is 2.76 bits per heavy atom. The summed E-state index contributed by atoms with van der Waals surface area (Å²) < 4.78 is 32.0. The van der Waals surface area contributed by atoms with Crippen LogP contribution in [0.5, 0.6) is 0 Å². The van der Waals surface area contributed by atoms with Gasteiger partial charge in [0.05, 0.1) is 12.7 Å². The first-order valence-corrected chi connectivity index (χ1v) is 5.18. The van der Waals surface area contributed by atoms with Crippen LogP contribution in [0, 0.1) is 0 Å². The number of amides is 3. The highest BCUT2D eigenvalue weighted by molar-refractivity contribution is 5.96. The zero-order chi connectivity index (χ0) is 12.6. The van der Waals surface area contributed by atoms with Crippen LogP contribution in [0.15, 0.2) is 0 Å². The molecule has 3 amide bonds. The van der Waals surface area contributed by atoms with Gasteiger partial charge in [-0.05, 0) is 0 Å². The van der Waals surface area contributed by atoms with Gasteiger partial charge in [-0.2, -0.15) is 0 Å². The van der Waals surface area contributed by atoms with E-state index in [-0.39, 0.29) is 13.0 Å². The largest absolute Gasteiger partial charge is 0.394 e. The second kappa shape index (κ2) is 4.19. The predicted molar refractivity (Wildman–Crippen MR) is 50.2 cm³/mol. The van der Waals surface area contributed by atoms with Crippen molar-refractivity contribution in [1.82, 2.24) is 10.2 Å². The number of nitrogens with one attached hydrogen (secondary N) is 1. The number of aliphatic hydroxyl groups excluding tert-OH is 1.